The molecule has 134 valence electrons. The van der Waals surface area contributed by atoms with Gasteiger partial charge in [-0.3, -0.25) is 9.89 Å². The molecule has 1 aromatic rings. The quantitative estimate of drug-likeness (QED) is 0.728. The number of rotatable bonds is 3. The zero-order valence-corrected chi connectivity index (χ0v) is 16.0. The minimum absolute atomic E-state index is 0.456. The van der Waals surface area contributed by atoms with Crippen LogP contribution in [0.4, 0.5) is 5.69 Å². The first-order valence-corrected chi connectivity index (χ1v) is 9.80. The zero-order chi connectivity index (χ0) is 17.6. The van der Waals surface area contributed by atoms with E-state index in [0.717, 1.165) is 17.4 Å². The number of benzene rings is 1. The summed E-state index contributed by atoms with van der Waals surface area (Å²) in [7, 11) is 1.78. The number of allylic oxidation sites excluding steroid dienone is 2. The highest BCUT2D eigenvalue weighted by Crippen LogP contribution is 2.49. The fourth-order valence-electron chi connectivity index (χ4n) is 5.29. The molecule has 3 aliphatic rings. The molecule has 0 spiro atoms. The zero-order valence-electron chi connectivity index (χ0n) is 16.0. The molecule has 0 aromatic heterocycles. The van der Waals surface area contributed by atoms with Gasteiger partial charge < -0.3 is 4.74 Å². The van der Waals surface area contributed by atoms with Crippen molar-refractivity contribution in [2.75, 3.05) is 20.2 Å². The molecule has 1 aromatic carbocycles. The number of fused-ring (bicyclic) bond motifs is 5. The van der Waals surface area contributed by atoms with Gasteiger partial charge in [-0.2, -0.15) is 0 Å². The average molecular weight is 338 g/mol. The molecule has 25 heavy (non-hydrogen) atoms. The number of methoxy groups -OCH3 is 1. The van der Waals surface area contributed by atoms with E-state index in [-0.39, 0.29) is 0 Å². The standard InChI is InChI=1S/C22H30N2O/c1-5-14(3)17-12-19-22-16(10-11-24(19)13-15(17)6-2)21-18(23-22)8-7-9-20(21)25-4/h5,7-9,15-17,19H,6,10-13H2,1-4H3/b14-5-/t15-,16?,17-,19+/m1/s1. The van der Waals surface area contributed by atoms with Crippen LogP contribution in [0.1, 0.15) is 51.5 Å². The van der Waals surface area contributed by atoms with Crippen molar-refractivity contribution in [3.63, 3.8) is 0 Å². The molecule has 0 radical (unpaired) electrons. The Morgan fingerprint density at radius 2 is 2.24 bits per heavy atom. The van der Waals surface area contributed by atoms with Crippen LogP contribution < -0.4 is 4.74 Å². The molecular weight excluding hydrogens is 308 g/mol. The molecule has 0 bridgehead atoms. The van der Waals surface area contributed by atoms with E-state index in [2.05, 4.69) is 49.9 Å². The predicted molar refractivity (Wildman–Crippen MR) is 104 cm³/mol. The van der Waals surface area contributed by atoms with E-state index in [4.69, 9.17) is 9.73 Å². The first-order valence-electron chi connectivity index (χ1n) is 9.80. The van der Waals surface area contributed by atoms with Gasteiger partial charge in [-0.15, -0.1) is 0 Å². The number of hydrogen-bond donors (Lipinski definition) is 0. The third-order valence-corrected chi connectivity index (χ3v) is 6.79. The summed E-state index contributed by atoms with van der Waals surface area (Å²) in [5.74, 6) is 2.95. The second kappa shape index (κ2) is 6.60. The number of nitrogens with zero attached hydrogens (tertiary/aromatic N) is 2. The molecule has 3 heterocycles. The van der Waals surface area contributed by atoms with Gasteiger partial charge in [0.1, 0.15) is 5.75 Å². The van der Waals surface area contributed by atoms with Gasteiger partial charge >= 0.3 is 0 Å². The monoisotopic (exact) mass is 338 g/mol. The molecule has 4 rings (SSSR count). The topological polar surface area (TPSA) is 24.8 Å². The van der Waals surface area contributed by atoms with E-state index in [9.17, 15) is 0 Å². The smallest absolute Gasteiger partial charge is 0.124 e. The Hall–Kier alpha value is -1.61. The van der Waals surface area contributed by atoms with Crippen molar-refractivity contribution < 1.29 is 4.74 Å². The van der Waals surface area contributed by atoms with Crippen molar-refractivity contribution in [3.8, 4) is 5.75 Å². The molecule has 0 aliphatic carbocycles. The van der Waals surface area contributed by atoms with Gasteiger partial charge in [0.2, 0.25) is 0 Å². The molecule has 3 nitrogen and oxygen atoms in total. The summed E-state index contributed by atoms with van der Waals surface area (Å²) in [6, 6.07) is 6.81. The summed E-state index contributed by atoms with van der Waals surface area (Å²) in [4.78, 5) is 7.82. The summed E-state index contributed by atoms with van der Waals surface area (Å²) < 4.78 is 5.66. The van der Waals surface area contributed by atoms with E-state index in [1.54, 1.807) is 12.7 Å². The van der Waals surface area contributed by atoms with Crippen LogP contribution in [0.3, 0.4) is 0 Å². The maximum Gasteiger partial charge on any atom is 0.124 e. The van der Waals surface area contributed by atoms with Crippen LogP contribution in [0.5, 0.6) is 5.75 Å². The predicted octanol–water partition coefficient (Wildman–Crippen LogP) is 4.95. The number of piperidine rings is 2. The second-order valence-corrected chi connectivity index (χ2v) is 7.82. The van der Waals surface area contributed by atoms with Crippen molar-refractivity contribution in [2.45, 2.75) is 52.0 Å². The van der Waals surface area contributed by atoms with E-state index in [0.29, 0.717) is 17.9 Å². The van der Waals surface area contributed by atoms with Gasteiger partial charge in [0.05, 0.1) is 12.8 Å². The Bertz CT molecular complexity index is 721. The lowest BCUT2D eigenvalue weighted by molar-refractivity contribution is 0.0925. The summed E-state index contributed by atoms with van der Waals surface area (Å²) in [5, 5.41) is 0. The summed E-state index contributed by atoms with van der Waals surface area (Å²) in [5.41, 5.74) is 5.42. The number of hydrogen-bond acceptors (Lipinski definition) is 3. The third kappa shape index (κ3) is 2.64. The van der Waals surface area contributed by atoms with Gasteiger partial charge in [-0.05, 0) is 57.2 Å². The van der Waals surface area contributed by atoms with Crippen molar-refractivity contribution >= 4 is 11.4 Å². The molecule has 1 unspecified atom stereocenters. The highest BCUT2D eigenvalue weighted by Gasteiger charge is 2.45. The van der Waals surface area contributed by atoms with Crippen LogP contribution in [0.15, 0.2) is 34.8 Å². The molecule has 0 amide bonds. The lowest BCUT2D eigenvalue weighted by atomic mass is 9.71. The van der Waals surface area contributed by atoms with Gasteiger partial charge in [0.15, 0.2) is 0 Å². The molecule has 2 saturated heterocycles. The molecule has 2 fully saturated rings. The fraction of sp³-hybridized carbons (Fsp3) is 0.591. The lowest BCUT2D eigenvalue weighted by Gasteiger charge is -2.48. The second-order valence-electron chi connectivity index (χ2n) is 7.82. The molecule has 0 N–H and O–H groups in total. The average Bonchev–Trinajstić information content (AvgIpc) is 3.05. The van der Waals surface area contributed by atoms with E-state index >= 15 is 0 Å². The number of aliphatic imine (C=N–C) groups is 1. The maximum atomic E-state index is 5.66. The van der Waals surface area contributed by atoms with Gasteiger partial charge in [0.25, 0.3) is 0 Å². The Labute approximate surface area is 151 Å². The molecule has 0 saturated carbocycles. The summed E-state index contributed by atoms with van der Waals surface area (Å²) in [6.45, 7) is 9.26. The Morgan fingerprint density at radius 1 is 1.40 bits per heavy atom. The van der Waals surface area contributed by atoms with Crippen LogP contribution in [0.25, 0.3) is 0 Å². The molecule has 4 atom stereocenters. The largest absolute Gasteiger partial charge is 0.496 e. The molecular formula is C22H30N2O. The summed E-state index contributed by atoms with van der Waals surface area (Å²) >= 11 is 0. The molecule has 3 heteroatoms. The first-order chi connectivity index (χ1) is 12.2. The fourth-order valence-corrected chi connectivity index (χ4v) is 5.29. The minimum Gasteiger partial charge on any atom is -0.496 e. The third-order valence-electron chi connectivity index (χ3n) is 6.79. The lowest BCUT2D eigenvalue weighted by Crippen LogP contribution is -2.55. The maximum absolute atomic E-state index is 5.66. The van der Waals surface area contributed by atoms with Gasteiger partial charge in [-0.25, -0.2) is 0 Å². The van der Waals surface area contributed by atoms with Crippen LogP contribution in [-0.2, 0) is 0 Å². The van der Waals surface area contributed by atoms with E-state index < -0.39 is 0 Å². The molecule has 3 aliphatic heterocycles. The minimum atomic E-state index is 0.456. The Balaban J connectivity index is 1.68. The van der Waals surface area contributed by atoms with Crippen LogP contribution >= 0.6 is 0 Å². The van der Waals surface area contributed by atoms with Crippen molar-refractivity contribution in [1.29, 1.82) is 0 Å². The number of ether oxygens (including phenoxy) is 1. The first kappa shape index (κ1) is 16.8. The van der Waals surface area contributed by atoms with E-state index in [1.165, 1.54) is 43.6 Å². The van der Waals surface area contributed by atoms with E-state index in [1.807, 2.05) is 0 Å². The highest BCUT2D eigenvalue weighted by atomic mass is 16.5. The van der Waals surface area contributed by atoms with Gasteiger partial charge in [0, 0.05) is 29.8 Å². The van der Waals surface area contributed by atoms with Crippen LogP contribution in [0.2, 0.25) is 0 Å². The van der Waals surface area contributed by atoms with Crippen molar-refractivity contribution in [3.05, 3.63) is 35.4 Å². The van der Waals surface area contributed by atoms with Gasteiger partial charge in [-0.1, -0.05) is 31.1 Å². The van der Waals surface area contributed by atoms with Crippen LogP contribution in [0, 0.1) is 11.8 Å². The SMILES string of the molecule is C/C=C(/C)[C@H]1C[C@H]2C3=Nc4cccc(OC)c4C3CCN2C[C@H]1CC. The summed E-state index contributed by atoms with van der Waals surface area (Å²) in [6.07, 6.45) is 5.98. The van der Waals surface area contributed by atoms with Crippen molar-refractivity contribution in [1.82, 2.24) is 4.90 Å². The Morgan fingerprint density at radius 3 is 2.96 bits per heavy atom. The van der Waals surface area contributed by atoms with Crippen LogP contribution in [-0.4, -0.2) is 36.9 Å². The normalized spacial score (nSPS) is 31.8. The Kier molecular flexibility index (Phi) is 4.45. The van der Waals surface area contributed by atoms with Crippen molar-refractivity contribution in [2.24, 2.45) is 16.8 Å². The highest BCUT2D eigenvalue weighted by molar-refractivity contribution is 6.03.